The van der Waals surface area contributed by atoms with E-state index in [1.165, 1.54) is 6.07 Å². The smallest absolute Gasteiger partial charge is 0.303 e. The minimum Gasteiger partial charge on any atom is -0.481 e. The number of carbonyl (C=O) groups excluding carboxylic acids is 1. The fraction of sp³-hybridized carbons (Fsp3) is 0.579. The van der Waals surface area contributed by atoms with Crippen LogP contribution >= 0.6 is 0 Å². The Morgan fingerprint density at radius 3 is 2.64 bits per heavy atom. The zero-order valence-electron chi connectivity index (χ0n) is 14.9. The van der Waals surface area contributed by atoms with E-state index >= 15 is 0 Å². The van der Waals surface area contributed by atoms with Gasteiger partial charge < -0.3 is 14.9 Å². The fourth-order valence-corrected chi connectivity index (χ4v) is 3.62. The minimum atomic E-state index is -0.805. The Labute approximate surface area is 148 Å². The summed E-state index contributed by atoms with van der Waals surface area (Å²) in [6, 6.07) is 6.81. The van der Waals surface area contributed by atoms with Crippen molar-refractivity contribution in [2.75, 3.05) is 27.2 Å². The number of halogens is 1. The van der Waals surface area contributed by atoms with Crippen LogP contribution in [-0.4, -0.2) is 60.0 Å². The van der Waals surface area contributed by atoms with Gasteiger partial charge in [0.2, 0.25) is 5.91 Å². The topological polar surface area (TPSA) is 60.9 Å². The van der Waals surface area contributed by atoms with Crippen LogP contribution in [0, 0.1) is 11.7 Å². The van der Waals surface area contributed by atoms with E-state index < -0.39 is 5.97 Å². The molecular weight excluding hydrogens is 323 g/mol. The molecule has 1 aliphatic heterocycles. The third-order valence-corrected chi connectivity index (χ3v) is 5.00. The molecule has 0 radical (unpaired) electrons. The first kappa shape index (κ1) is 19.4. The molecule has 1 N–H and O–H groups in total. The maximum atomic E-state index is 13.7. The summed E-state index contributed by atoms with van der Waals surface area (Å²) >= 11 is 0. The van der Waals surface area contributed by atoms with Crippen molar-refractivity contribution in [3.8, 4) is 0 Å². The van der Waals surface area contributed by atoms with Gasteiger partial charge in [-0.1, -0.05) is 18.2 Å². The molecule has 2 rings (SSSR count). The number of aliphatic carboxylic acids is 1. The molecule has 1 fully saturated rings. The van der Waals surface area contributed by atoms with Crippen molar-refractivity contribution in [2.45, 2.75) is 38.1 Å². The number of piperidine rings is 1. The average molecular weight is 350 g/mol. The lowest BCUT2D eigenvalue weighted by atomic mass is 9.87. The monoisotopic (exact) mass is 350 g/mol. The summed E-state index contributed by atoms with van der Waals surface area (Å²) < 4.78 is 13.7. The first-order valence-electron chi connectivity index (χ1n) is 8.78. The van der Waals surface area contributed by atoms with Gasteiger partial charge in [-0.25, -0.2) is 4.39 Å². The normalized spacial score (nSPS) is 20.7. The number of carbonyl (C=O) groups is 2. The zero-order chi connectivity index (χ0) is 18.4. The SMILES string of the molecule is CN(C)[C@@H]1CCN(C(=O)CCc2ccccc2F)C[C@@H]1CCC(=O)O. The van der Waals surface area contributed by atoms with E-state index in [-0.39, 0.29) is 36.5 Å². The largest absolute Gasteiger partial charge is 0.481 e. The molecule has 5 nitrogen and oxygen atoms in total. The molecule has 1 saturated heterocycles. The van der Waals surface area contributed by atoms with Crippen molar-refractivity contribution < 1.29 is 19.1 Å². The van der Waals surface area contributed by atoms with Crippen LogP contribution < -0.4 is 0 Å². The Hall–Kier alpha value is -1.95. The van der Waals surface area contributed by atoms with Crippen molar-refractivity contribution in [2.24, 2.45) is 5.92 Å². The second-order valence-electron chi connectivity index (χ2n) is 6.94. The van der Waals surface area contributed by atoms with E-state index in [4.69, 9.17) is 5.11 Å². The van der Waals surface area contributed by atoms with Crippen molar-refractivity contribution in [3.63, 3.8) is 0 Å². The van der Waals surface area contributed by atoms with Crippen LogP contribution in [0.1, 0.15) is 31.2 Å². The molecule has 0 aromatic heterocycles. The number of carboxylic acid groups (broad SMARTS) is 1. The average Bonchev–Trinajstić information content (AvgIpc) is 2.58. The molecule has 1 amide bonds. The van der Waals surface area contributed by atoms with Crippen molar-refractivity contribution in [1.82, 2.24) is 9.80 Å². The lowest BCUT2D eigenvalue weighted by molar-refractivity contribution is -0.137. The standard InChI is InChI=1S/C19H27FN2O3/c1-21(2)17-11-12-22(13-15(17)8-10-19(24)25)18(23)9-7-14-5-3-4-6-16(14)20/h3-6,15,17H,7-13H2,1-2H3,(H,24,25)/t15-,17+/m0/s1. The number of aryl methyl sites for hydroxylation is 1. The van der Waals surface area contributed by atoms with Crippen LogP contribution in [0.25, 0.3) is 0 Å². The predicted molar refractivity (Wildman–Crippen MR) is 93.8 cm³/mol. The summed E-state index contributed by atoms with van der Waals surface area (Å²) in [5.74, 6) is -0.917. The second kappa shape index (κ2) is 8.94. The Bertz CT molecular complexity index is 606. The molecule has 0 spiro atoms. The quantitative estimate of drug-likeness (QED) is 0.820. The number of amides is 1. The first-order valence-corrected chi connectivity index (χ1v) is 8.78. The van der Waals surface area contributed by atoms with E-state index in [0.717, 1.165) is 6.42 Å². The van der Waals surface area contributed by atoms with Crippen LogP contribution in [0.2, 0.25) is 0 Å². The van der Waals surface area contributed by atoms with Gasteiger partial charge in [0, 0.05) is 32.0 Å². The van der Waals surface area contributed by atoms with Crippen molar-refractivity contribution in [3.05, 3.63) is 35.6 Å². The van der Waals surface area contributed by atoms with E-state index in [9.17, 15) is 14.0 Å². The van der Waals surface area contributed by atoms with Gasteiger partial charge in [0.05, 0.1) is 0 Å². The number of benzene rings is 1. The van der Waals surface area contributed by atoms with E-state index in [1.54, 1.807) is 18.2 Å². The van der Waals surface area contributed by atoms with Gasteiger partial charge in [-0.2, -0.15) is 0 Å². The van der Waals surface area contributed by atoms with Gasteiger partial charge in [-0.3, -0.25) is 9.59 Å². The molecule has 0 aliphatic carbocycles. The Balaban J connectivity index is 1.93. The highest BCUT2D eigenvalue weighted by molar-refractivity contribution is 5.76. The molecule has 1 aromatic rings. The van der Waals surface area contributed by atoms with Crippen LogP contribution in [0.4, 0.5) is 4.39 Å². The molecule has 0 bridgehead atoms. The van der Waals surface area contributed by atoms with Crippen LogP contribution in [-0.2, 0) is 16.0 Å². The predicted octanol–water partition coefficient (Wildman–Crippen LogP) is 2.40. The maximum Gasteiger partial charge on any atom is 0.303 e. The Morgan fingerprint density at radius 2 is 2.00 bits per heavy atom. The summed E-state index contributed by atoms with van der Waals surface area (Å²) in [6.45, 7) is 1.24. The van der Waals surface area contributed by atoms with Gasteiger partial charge in [-0.05, 0) is 50.9 Å². The number of rotatable bonds is 7. The third-order valence-electron chi connectivity index (χ3n) is 5.00. The summed E-state index contributed by atoms with van der Waals surface area (Å²) in [4.78, 5) is 27.3. The molecule has 1 aromatic carbocycles. The third kappa shape index (κ3) is 5.53. The highest BCUT2D eigenvalue weighted by Crippen LogP contribution is 2.25. The molecule has 2 atom stereocenters. The molecule has 6 heteroatoms. The number of nitrogens with zero attached hydrogens (tertiary/aromatic N) is 2. The summed E-state index contributed by atoms with van der Waals surface area (Å²) in [6.07, 6.45) is 2.18. The van der Waals surface area contributed by atoms with E-state index in [0.29, 0.717) is 31.5 Å². The fourth-order valence-electron chi connectivity index (χ4n) is 3.62. The lowest BCUT2D eigenvalue weighted by Crippen LogP contribution is -2.50. The summed E-state index contributed by atoms with van der Waals surface area (Å²) in [5.41, 5.74) is 0.557. The van der Waals surface area contributed by atoms with Crippen molar-refractivity contribution >= 4 is 11.9 Å². The minimum absolute atomic E-state index is 0.0146. The molecular formula is C19H27FN2O3. The second-order valence-corrected chi connectivity index (χ2v) is 6.94. The first-order chi connectivity index (χ1) is 11.9. The summed E-state index contributed by atoms with van der Waals surface area (Å²) in [5, 5.41) is 8.95. The van der Waals surface area contributed by atoms with Crippen LogP contribution in [0.15, 0.2) is 24.3 Å². The molecule has 138 valence electrons. The lowest BCUT2D eigenvalue weighted by Gasteiger charge is -2.41. The van der Waals surface area contributed by atoms with Crippen LogP contribution in [0.5, 0.6) is 0 Å². The zero-order valence-corrected chi connectivity index (χ0v) is 14.9. The van der Waals surface area contributed by atoms with Gasteiger partial charge >= 0.3 is 5.97 Å². The highest BCUT2D eigenvalue weighted by Gasteiger charge is 2.32. The molecule has 1 heterocycles. The number of carboxylic acids is 1. The van der Waals surface area contributed by atoms with Gasteiger partial charge in [0.25, 0.3) is 0 Å². The number of hydrogen-bond acceptors (Lipinski definition) is 3. The maximum absolute atomic E-state index is 13.7. The summed E-state index contributed by atoms with van der Waals surface area (Å²) in [7, 11) is 3.99. The number of hydrogen-bond donors (Lipinski definition) is 1. The van der Waals surface area contributed by atoms with Gasteiger partial charge in [0.15, 0.2) is 0 Å². The van der Waals surface area contributed by atoms with E-state index in [2.05, 4.69) is 4.90 Å². The number of likely N-dealkylation sites (tertiary alicyclic amines) is 1. The highest BCUT2D eigenvalue weighted by atomic mass is 19.1. The van der Waals surface area contributed by atoms with Crippen LogP contribution in [0.3, 0.4) is 0 Å². The van der Waals surface area contributed by atoms with Gasteiger partial charge in [-0.15, -0.1) is 0 Å². The molecule has 25 heavy (non-hydrogen) atoms. The molecule has 1 aliphatic rings. The van der Waals surface area contributed by atoms with Gasteiger partial charge in [0.1, 0.15) is 5.82 Å². The molecule has 0 saturated carbocycles. The Morgan fingerprint density at radius 1 is 1.28 bits per heavy atom. The molecule has 0 unspecified atom stereocenters. The Kier molecular flexibility index (Phi) is 6.93. The van der Waals surface area contributed by atoms with E-state index in [1.807, 2.05) is 19.0 Å². The van der Waals surface area contributed by atoms with Crippen molar-refractivity contribution in [1.29, 1.82) is 0 Å².